The van der Waals surface area contributed by atoms with Gasteiger partial charge in [0.1, 0.15) is 11.6 Å². The normalized spacial score (nSPS) is 10.2. The zero-order valence-corrected chi connectivity index (χ0v) is 9.62. The van der Waals surface area contributed by atoms with Crippen molar-refractivity contribution < 1.29 is 19.0 Å². The molecule has 0 radical (unpaired) electrons. The smallest absolute Gasteiger partial charge is 0.356 e. The van der Waals surface area contributed by atoms with Crippen LogP contribution in [0.5, 0.6) is 5.75 Å². The molecule has 1 heterocycles. The highest BCUT2D eigenvalue weighted by Crippen LogP contribution is 2.35. The minimum atomic E-state index is -1.15. The van der Waals surface area contributed by atoms with E-state index in [1.54, 1.807) is 0 Å². The monoisotopic (exact) mass is 253 g/mol. The summed E-state index contributed by atoms with van der Waals surface area (Å²) in [5, 5.41) is 8.96. The summed E-state index contributed by atoms with van der Waals surface area (Å²) in [4.78, 5) is 15.1. The van der Waals surface area contributed by atoms with Crippen LogP contribution in [-0.4, -0.2) is 23.2 Å². The summed E-state index contributed by atoms with van der Waals surface area (Å²) in [5.41, 5.74) is 1.70. The molecule has 0 aliphatic carbocycles. The van der Waals surface area contributed by atoms with E-state index < -0.39 is 11.8 Å². The topological polar surface area (TPSA) is 59.4 Å². The molecule has 0 spiro atoms. The summed E-state index contributed by atoms with van der Waals surface area (Å²) < 4.78 is 18.3. The molecule has 88 valence electrons. The minimum Gasteiger partial charge on any atom is -0.496 e. The highest BCUT2D eigenvalue weighted by molar-refractivity contribution is 7.13. The number of thiazole rings is 1. The van der Waals surface area contributed by atoms with Crippen LogP contribution in [0.1, 0.15) is 10.5 Å². The predicted octanol–water partition coefficient (Wildman–Crippen LogP) is 2.66. The summed E-state index contributed by atoms with van der Waals surface area (Å²) in [6.45, 7) is 0. The second-order valence-electron chi connectivity index (χ2n) is 3.18. The molecule has 0 atom stereocenters. The molecule has 2 aromatic rings. The number of rotatable bonds is 3. The fourth-order valence-corrected chi connectivity index (χ4v) is 2.25. The second-order valence-corrected chi connectivity index (χ2v) is 4.03. The Morgan fingerprint density at radius 3 is 2.94 bits per heavy atom. The Morgan fingerprint density at radius 1 is 1.53 bits per heavy atom. The van der Waals surface area contributed by atoms with Crippen LogP contribution in [0.4, 0.5) is 4.39 Å². The molecule has 0 aliphatic rings. The molecule has 1 N–H and O–H groups in total. The maximum atomic E-state index is 13.2. The summed E-state index contributed by atoms with van der Waals surface area (Å²) >= 11 is 1.13. The van der Waals surface area contributed by atoms with Crippen LogP contribution in [0, 0.1) is 5.82 Å². The van der Waals surface area contributed by atoms with Gasteiger partial charge >= 0.3 is 5.97 Å². The molecule has 1 aromatic heterocycles. The van der Waals surface area contributed by atoms with E-state index in [9.17, 15) is 9.18 Å². The molecular formula is C11H8FNO3S. The fourth-order valence-electron chi connectivity index (χ4n) is 1.45. The minimum absolute atomic E-state index is 0.0982. The fraction of sp³-hybridized carbons (Fsp3) is 0.0909. The van der Waals surface area contributed by atoms with Gasteiger partial charge in [-0.3, -0.25) is 0 Å². The van der Waals surface area contributed by atoms with Gasteiger partial charge in [0.15, 0.2) is 5.69 Å². The van der Waals surface area contributed by atoms with E-state index in [0.717, 1.165) is 11.3 Å². The highest BCUT2D eigenvalue weighted by Gasteiger charge is 2.18. The molecule has 0 fully saturated rings. The Morgan fingerprint density at radius 2 is 2.29 bits per heavy atom. The van der Waals surface area contributed by atoms with Crippen LogP contribution >= 0.6 is 11.3 Å². The third-order valence-electron chi connectivity index (χ3n) is 2.18. The number of aromatic carboxylic acids is 1. The predicted molar refractivity (Wildman–Crippen MR) is 61.0 cm³/mol. The molecule has 0 saturated carbocycles. The molecule has 2 rings (SSSR count). The van der Waals surface area contributed by atoms with Gasteiger partial charge in [-0.05, 0) is 18.2 Å². The van der Waals surface area contributed by atoms with Crippen molar-refractivity contribution in [2.45, 2.75) is 0 Å². The molecule has 0 saturated heterocycles. The zero-order valence-electron chi connectivity index (χ0n) is 8.81. The number of benzene rings is 1. The van der Waals surface area contributed by atoms with Crippen LogP contribution in [-0.2, 0) is 0 Å². The number of hydrogen-bond acceptors (Lipinski definition) is 4. The average Bonchev–Trinajstić information content (AvgIpc) is 2.77. The first-order valence-electron chi connectivity index (χ1n) is 4.64. The maximum absolute atomic E-state index is 13.2. The number of carbonyl (C=O) groups is 1. The standard InChI is InChI=1S/C11H8FNO3S/c1-16-8-3-2-6(12)4-7(8)10-9(11(14)15)13-5-17-10/h2-5H,1H3,(H,14,15). The van der Waals surface area contributed by atoms with Gasteiger partial charge in [0, 0.05) is 5.56 Å². The summed E-state index contributed by atoms with van der Waals surface area (Å²) in [7, 11) is 1.44. The lowest BCUT2D eigenvalue weighted by Gasteiger charge is -2.07. The molecule has 6 heteroatoms. The third kappa shape index (κ3) is 2.12. The highest BCUT2D eigenvalue weighted by atomic mass is 32.1. The van der Waals surface area contributed by atoms with E-state index in [2.05, 4.69) is 4.98 Å². The number of carboxylic acid groups (broad SMARTS) is 1. The van der Waals surface area contributed by atoms with Crippen LogP contribution in [0.3, 0.4) is 0 Å². The van der Waals surface area contributed by atoms with Crippen molar-refractivity contribution >= 4 is 17.3 Å². The zero-order chi connectivity index (χ0) is 12.4. The van der Waals surface area contributed by atoms with E-state index in [4.69, 9.17) is 9.84 Å². The number of nitrogens with zero attached hydrogens (tertiary/aromatic N) is 1. The van der Waals surface area contributed by atoms with Crippen molar-refractivity contribution in [2.24, 2.45) is 0 Å². The maximum Gasteiger partial charge on any atom is 0.356 e. The van der Waals surface area contributed by atoms with Crippen molar-refractivity contribution in [2.75, 3.05) is 7.11 Å². The van der Waals surface area contributed by atoms with Crippen LogP contribution in [0.2, 0.25) is 0 Å². The van der Waals surface area contributed by atoms with Crippen molar-refractivity contribution in [3.05, 3.63) is 35.2 Å². The van der Waals surface area contributed by atoms with E-state index in [1.165, 1.54) is 30.8 Å². The molecule has 0 aliphatic heterocycles. The molecule has 0 unspecified atom stereocenters. The van der Waals surface area contributed by atoms with Crippen LogP contribution in [0.25, 0.3) is 10.4 Å². The molecular weight excluding hydrogens is 245 g/mol. The van der Waals surface area contributed by atoms with E-state index in [-0.39, 0.29) is 5.69 Å². The Balaban J connectivity index is 2.63. The molecule has 0 bridgehead atoms. The summed E-state index contributed by atoms with van der Waals surface area (Å²) in [6.07, 6.45) is 0. The third-order valence-corrected chi connectivity index (χ3v) is 3.04. The first-order valence-corrected chi connectivity index (χ1v) is 5.52. The lowest BCUT2D eigenvalue weighted by atomic mass is 10.1. The quantitative estimate of drug-likeness (QED) is 0.913. The lowest BCUT2D eigenvalue weighted by Crippen LogP contribution is -1.99. The molecule has 1 aromatic carbocycles. The summed E-state index contributed by atoms with van der Waals surface area (Å²) in [5.74, 6) is -1.18. The van der Waals surface area contributed by atoms with Gasteiger partial charge in [0.05, 0.1) is 17.5 Å². The van der Waals surface area contributed by atoms with Crippen LogP contribution < -0.4 is 4.74 Å². The average molecular weight is 253 g/mol. The van der Waals surface area contributed by atoms with E-state index in [0.29, 0.717) is 16.2 Å². The lowest BCUT2D eigenvalue weighted by molar-refractivity contribution is 0.0692. The van der Waals surface area contributed by atoms with Crippen molar-refractivity contribution in [3.8, 4) is 16.2 Å². The van der Waals surface area contributed by atoms with Crippen LogP contribution in [0.15, 0.2) is 23.7 Å². The first kappa shape index (κ1) is 11.5. The Hall–Kier alpha value is -1.95. The van der Waals surface area contributed by atoms with Gasteiger partial charge in [-0.15, -0.1) is 11.3 Å². The Labute approximate surface area is 100 Å². The molecule has 4 nitrogen and oxygen atoms in total. The van der Waals surface area contributed by atoms with Gasteiger partial charge in [-0.25, -0.2) is 14.2 Å². The largest absolute Gasteiger partial charge is 0.496 e. The van der Waals surface area contributed by atoms with Crippen molar-refractivity contribution in [1.29, 1.82) is 0 Å². The number of hydrogen-bond donors (Lipinski definition) is 1. The molecule has 17 heavy (non-hydrogen) atoms. The Kier molecular flexibility index (Phi) is 3.06. The van der Waals surface area contributed by atoms with Gasteiger partial charge < -0.3 is 9.84 Å². The first-order chi connectivity index (χ1) is 8.13. The number of carboxylic acids is 1. The van der Waals surface area contributed by atoms with Crippen molar-refractivity contribution in [3.63, 3.8) is 0 Å². The number of ether oxygens (including phenoxy) is 1. The van der Waals surface area contributed by atoms with Gasteiger partial charge in [0.2, 0.25) is 0 Å². The van der Waals surface area contributed by atoms with Crippen molar-refractivity contribution in [1.82, 2.24) is 4.98 Å². The number of halogens is 1. The number of aromatic nitrogens is 1. The van der Waals surface area contributed by atoms with Gasteiger partial charge in [-0.2, -0.15) is 0 Å². The van der Waals surface area contributed by atoms with E-state index in [1.807, 2.05) is 0 Å². The second kappa shape index (κ2) is 4.50. The number of methoxy groups -OCH3 is 1. The Bertz CT molecular complexity index is 568. The van der Waals surface area contributed by atoms with Gasteiger partial charge in [0.25, 0.3) is 0 Å². The van der Waals surface area contributed by atoms with E-state index >= 15 is 0 Å². The van der Waals surface area contributed by atoms with Gasteiger partial charge in [-0.1, -0.05) is 0 Å². The summed E-state index contributed by atoms with van der Waals surface area (Å²) in [6, 6.07) is 3.94. The SMILES string of the molecule is COc1ccc(F)cc1-c1scnc1C(=O)O. The molecule has 0 amide bonds.